The molecular formula is C20H22ClN3O3. The lowest BCUT2D eigenvalue weighted by Gasteiger charge is -2.13. The van der Waals surface area contributed by atoms with Crippen LogP contribution in [0.25, 0.3) is 0 Å². The first-order valence-electron chi connectivity index (χ1n) is 8.54. The van der Waals surface area contributed by atoms with Crippen molar-refractivity contribution >= 4 is 35.8 Å². The molecule has 27 heavy (non-hydrogen) atoms. The summed E-state index contributed by atoms with van der Waals surface area (Å²) in [6, 6.07) is 16.2. The molecule has 0 saturated carbocycles. The Bertz CT molecular complexity index is 809. The van der Waals surface area contributed by atoms with Crippen LogP contribution in [-0.2, 0) is 27.2 Å². The molecule has 1 heterocycles. The monoisotopic (exact) mass is 387 g/mol. The molecule has 2 aromatic rings. The molecule has 1 unspecified atom stereocenters. The standard InChI is InChI=1S/C20H21N3O3.ClH/c21-17(11-13-4-2-1-3-5-13)20(26)22-16-8-6-14(7-9-16)10-15-12-18(24)23-19(15)25;/h1-9,15,17H,10-12,21H2,(H,22,26)(H,23,24,25);1H/t15?,17-;/m0./s1. The summed E-state index contributed by atoms with van der Waals surface area (Å²) in [7, 11) is 0. The van der Waals surface area contributed by atoms with E-state index in [1.165, 1.54) is 0 Å². The van der Waals surface area contributed by atoms with Crippen molar-refractivity contribution in [2.45, 2.75) is 25.3 Å². The number of rotatable bonds is 6. The number of nitrogens with two attached hydrogens (primary N) is 1. The molecular weight excluding hydrogens is 366 g/mol. The first-order chi connectivity index (χ1) is 12.5. The summed E-state index contributed by atoms with van der Waals surface area (Å²) in [4.78, 5) is 35.1. The van der Waals surface area contributed by atoms with Crippen molar-refractivity contribution in [3.05, 3.63) is 65.7 Å². The van der Waals surface area contributed by atoms with Crippen molar-refractivity contribution in [2.75, 3.05) is 5.32 Å². The van der Waals surface area contributed by atoms with Crippen LogP contribution in [0.4, 0.5) is 5.69 Å². The highest BCUT2D eigenvalue weighted by atomic mass is 35.5. The van der Waals surface area contributed by atoms with Gasteiger partial charge in [-0.3, -0.25) is 19.7 Å². The summed E-state index contributed by atoms with van der Waals surface area (Å²) in [5.41, 5.74) is 8.57. The Hall–Kier alpha value is -2.70. The summed E-state index contributed by atoms with van der Waals surface area (Å²) in [5, 5.41) is 5.11. The summed E-state index contributed by atoms with van der Waals surface area (Å²) in [5.74, 6) is -1.01. The average Bonchev–Trinajstić information content (AvgIpc) is 2.94. The van der Waals surface area contributed by atoms with E-state index in [4.69, 9.17) is 5.73 Å². The van der Waals surface area contributed by atoms with E-state index in [2.05, 4.69) is 10.6 Å². The van der Waals surface area contributed by atoms with Crippen molar-refractivity contribution < 1.29 is 14.4 Å². The largest absolute Gasteiger partial charge is 0.325 e. The van der Waals surface area contributed by atoms with Gasteiger partial charge in [-0.05, 0) is 36.1 Å². The molecule has 0 radical (unpaired) electrons. The number of carbonyl (C=O) groups excluding carboxylic acids is 3. The Labute approximate surface area is 163 Å². The van der Waals surface area contributed by atoms with Gasteiger partial charge in [-0.25, -0.2) is 0 Å². The SMILES string of the molecule is Cl.N[C@@H](Cc1ccccc1)C(=O)Nc1ccc(CC2CC(=O)NC2=O)cc1. The molecule has 3 rings (SSSR count). The van der Waals surface area contributed by atoms with Crippen LogP contribution in [0.1, 0.15) is 17.5 Å². The van der Waals surface area contributed by atoms with Gasteiger partial charge in [-0.2, -0.15) is 0 Å². The predicted molar refractivity (Wildman–Crippen MR) is 105 cm³/mol. The molecule has 7 heteroatoms. The summed E-state index contributed by atoms with van der Waals surface area (Å²) in [6.07, 6.45) is 1.19. The Morgan fingerprint density at radius 3 is 2.33 bits per heavy atom. The van der Waals surface area contributed by atoms with Crippen LogP contribution in [-0.4, -0.2) is 23.8 Å². The second kappa shape index (κ2) is 9.30. The fourth-order valence-electron chi connectivity index (χ4n) is 2.98. The third kappa shape index (κ3) is 5.64. The van der Waals surface area contributed by atoms with E-state index < -0.39 is 6.04 Å². The molecule has 0 bridgehead atoms. The number of benzene rings is 2. The molecule has 1 saturated heterocycles. The van der Waals surface area contributed by atoms with Gasteiger partial charge >= 0.3 is 0 Å². The van der Waals surface area contributed by atoms with E-state index in [-0.39, 0.29) is 42.5 Å². The second-order valence-electron chi connectivity index (χ2n) is 6.50. The lowest BCUT2D eigenvalue weighted by molar-refractivity contribution is -0.125. The minimum atomic E-state index is -0.634. The van der Waals surface area contributed by atoms with Crippen LogP contribution in [0, 0.1) is 5.92 Å². The lowest BCUT2D eigenvalue weighted by Crippen LogP contribution is -2.37. The van der Waals surface area contributed by atoms with Crippen molar-refractivity contribution in [1.82, 2.24) is 5.32 Å². The summed E-state index contributed by atoms with van der Waals surface area (Å²) in [6.45, 7) is 0. The molecule has 1 aliphatic heterocycles. The van der Waals surface area contributed by atoms with Gasteiger partial charge < -0.3 is 11.1 Å². The van der Waals surface area contributed by atoms with Crippen LogP contribution >= 0.6 is 12.4 Å². The number of anilines is 1. The van der Waals surface area contributed by atoms with Gasteiger partial charge in [-0.1, -0.05) is 42.5 Å². The zero-order valence-corrected chi connectivity index (χ0v) is 15.5. The van der Waals surface area contributed by atoms with Crippen molar-refractivity contribution in [3.63, 3.8) is 0 Å². The molecule has 6 nitrogen and oxygen atoms in total. The number of carbonyl (C=O) groups is 3. The highest BCUT2D eigenvalue weighted by Gasteiger charge is 2.30. The first kappa shape index (κ1) is 20.6. The van der Waals surface area contributed by atoms with E-state index in [0.717, 1.165) is 11.1 Å². The molecule has 1 aliphatic rings. The average molecular weight is 388 g/mol. The van der Waals surface area contributed by atoms with Gasteiger partial charge in [0, 0.05) is 12.1 Å². The van der Waals surface area contributed by atoms with E-state index in [1.807, 2.05) is 42.5 Å². The maximum Gasteiger partial charge on any atom is 0.241 e. The minimum Gasteiger partial charge on any atom is -0.325 e. The zero-order chi connectivity index (χ0) is 18.5. The number of hydrogen-bond donors (Lipinski definition) is 3. The van der Waals surface area contributed by atoms with Crippen LogP contribution in [0.2, 0.25) is 0 Å². The van der Waals surface area contributed by atoms with E-state index >= 15 is 0 Å². The molecule has 3 amide bonds. The topological polar surface area (TPSA) is 101 Å². The zero-order valence-electron chi connectivity index (χ0n) is 14.7. The molecule has 0 spiro atoms. The highest BCUT2D eigenvalue weighted by molar-refractivity contribution is 6.03. The van der Waals surface area contributed by atoms with E-state index in [1.54, 1.807) is 12.1 Å². The number of amides is 3. The number of hydrogen-bond acceptors (Lipinski definition) is 4. The lowest BCUT2D eigenvalue weighted by atomic mass is 9.98. The predicted octanol–water partition coefficient (Wildman–Crippen LogP) is 1.82. The first-order valence-corrected chi connectivity index (χ1v) is 8.54. The third-order valence-corrected chi connectivity index (χ3v) is 4.40. The molecule has 2 atom stereocenters. The molecule has 2 aromatic carbocycles. The van der Waals surface area contributed by atoms with Gasteiger partial charge in [0.05, 0.1) is 12.0 Å². The quantitative estimate of drug-likeness (QED) is 0.658. The molecule has 0 aliphatic carbocycles. The Kier molecular flexibility index (Phi) is 7.10. The second-order valence-corrected chi connectivity index (χ2v) is 6.50. The third-order valence-electron chi connectivity index (χ3n) is 4.40. The van der Waals surface area contributed by atoms with E-state index in [9.17, 15) is 14.4 Å². The maximum absolute atomic E-state index is 12.2. The number of halogens is 1. The molecule has 1 fully saturated rings. The maximum atomic E-state index is 12.2. The molecule has 4 N–H and O–H groups in total. The van der Waals surface area contributed by atoms with Crippen LogP contribution in [0.3, 0.4) is 0 Å². The Morgan fingerprint density at radius 1 is 1.07 bits per heavy atom. The van der Waals surface area contributed by atoms with Crippen molar-refractivity contribution in [3.8, 4) is 0 Å². The van der Waals surface area contributed by atoms with Gasteiger partial charge in [0.25, 0.3) is 0 Å². The number of imide groups is 1. The van der Waals surface area contributed by atoms with Crippen molar-refractivity contribution in [2.24, 2.45) is 11.7 Å². The Morgan fingerprint density at radius 2 is 1.74 bits per heavy atom. The summed E-state index contributed by atoms with van der Waals surface area (Å²) < 4.78 is 0. The normalized spacial score (nSPS) is 17.0. The molecule has 142 valence electrons. The molecule has 0 aromatic heterocycles. The van der Waals surface area contributed by atoms with Gasteiger partial charge in [0.2, 0.25) is 17.7 Å². The van der Waals surface area contributed by atoms with Gasteiger partial charge in [-0.15, -0.1) is 12.4 Å². The van der Waals surface area contributed by atoms with Crippen LogP contribution in [0.15, 0.2) is 54.6 Å². The van der Waals surface area contributed by atoms with E-state index in [0.29, 0.717) is 18.5 Å². The van der Waals surface area contributed by atoms with Crippen LogP contribution in [0.5, 0.6) is 0 Å². The smallest absolute Gasteiger partial charge is 0.241 e. The van der Waals surface area contributed by atoms with Gasteiger partial charge in [0.15, 0.2) is 0 Å². The van der Waals surface area contributed by atoms with Crippen LogP contribution < -0.4 is 16.4 Å². The highest BCUT2D eigenvalue weighted by Crippen LogP contribution is 2.19. The van der Waals surface area contributed by atoms with Crippen molar-refractivity contribution in [1.29, 1.82) is 0 Å². The van der Waals surface area contributed by atoms with Gasteiger partial charge in [0.1, 0.15) is 0 Å². The fraction of sp³-hybridized carbons (Fsp3) is 0.250. The Balaban J connectivity index is 0.00000261. The summed E-state index contributed by atoms with van der Waals surface area (Å²) >= 11 is 0. The number of nitrogens with one attached hydrogen (secondary N) is 2. The minimum absolute atomic E-state index is 0. The fourth-order valence-corrected chi connectivity index (χ4v) is 2.98.